The Labute approximate surface area is 169 Å². The standard InChI is InChI=1S/C19H29F3O6S/c1-3-5-6-7-9-14(4-2)16(23)27-17-18(13-26-17)11-8-10-15(12-18)28-29(24,25)19(20,21)22/h9,15,17H,3-8,10-13H2,1-2H3. The molecule has 1 saturated heterocycles. The molecule has 1 spiro atoms. The molecule has 1 aliphatic heterocycles. The fourth-order valence-corrected chi connectivity index (χ4v) is 4.39. The van der Waals surface area contributed by atoms with Crippen LogP contribution in [0.15, 0.2) is 11.6 Å². The summed E-state index contributed by atoms with van der Waals surface area (Å²) in [6.07, 6.45) is 5.48. The largest absolute Gasteiger partial charge is 0.523 e. The number of alkyl halides is 3. The smallest absolute Gasteiger partial charge is 0.432 e. The Hall–Kier alpha value is -1.13. The molecule has 168 valence electrons. The minimum absolute atomic E-state index is 0.0297. The molecule has 0 bridgehead atoms. The number of ether oxygens (including phenoxy) is 2. The summed E-state index contributed by atoms with van der Waals surface area (Å²) in [5.41, 5.74) is -5.63. The van der Waals surface area contributed by atoms with Crippen LogP contribution in [-0.2, 0) is 28.6 Å². The van der Waals surface area contributed by atoms with Crippen molar-refractivity contribution in [2.45, 2.75) is 89.5 Å². The van der Waals surface area contributed by atoms with Gasteiger partial charge in [0.05, 0.1) is 18.1 Å². The van der Waals surface area contributed by atoms with E-state index >= 15 is 0 Å². The summed E-state index contributed by atoms with van der Waals surface area (Å²) in [5, 5.41) is 0. The van der Waals surface area contributed by atoms with Crippen LogP contribution in [0.3, 0.4) is 0 Å². The normalized spacial score (nSPS) is 28.2. The minimum atomic E-state index is -5.66. The molecule has 2 fully saturated rings. The Morgan fingerprint density at radius 3 is 2.55 bits per heavy atom. The van der Waals surface area contributed by atoms with Gasteiger partial charge in [-0.15, -0.1) is 0 Å². The maximum Gasteiger partial charge on any atom is 0.523 e. The summed E-state index contributed by atoms with van der Waals surface area (Å²) in [6.45, 7) is 4.13. The van der Waals surface area contributed by atoms with Gasteiger partial charge in [0, 0.05) is 5.57 Å². The van der Waals surface area contributed by atoms with Gasteiger partial charge >= 0.3 is 21.6 Å². The van der Waals surface area contributed by atoms with E-state index in [1.807, 2.05) is 13.0 Å². The molecule has 6 nitrogen and oxygen atoms in total. The zero-order valence-electron chi connectivity index (χ0n) is 16.8. The first-order valence-corrected chi connectivity index (χ1v) is 11.5. The van der Waals surface area contributed by atoms with Crippen LogP contribution in [0.1, 0.15) is 71.6 Å². The summed E-state index contributed by atoms with van der Waals surface area (Å²) < 4.78 is 75.6. The Balaban J connectivity index is 1.98. The average Bonchev–Trinajstić information content (AvgIpc) is 2.64. The number of unbranched alkanes of at least 4 members (excludes halogenated alkanes) is 3. The molecule has 10 heteroatoms. The lowest BCUT2D eigenvalue weighted by Crippen LogP contribution is -2.57. The predicted octanol–water partition coefficient (Wildman–Crippen LogP) is 4.60. The molecule has 1 saturated carbocycles. The van der Waals surface area contributed by atoms with Gasteiger partial charge in [0.2, 0.25) is 6.29 Å². The molecule has 2 aliphatic rings. The molecule has 3 atom stereocenters. The predicted molar refractivity (Wildman–Crippen MR) is 99.1 cm³/mol. The van der Waals surface area contributed by atoms with Crippen molar-refractivity contribution < 1.29 is 40.0 Å². The molecule has 1 aliphatic carbocycles. The molecule has 0 amide bonds. The van der Waals surface area contributed by atoms with E-state index in [-0.39, 0.29) is 19.4 Å². The van der Waals surface area contributed by atoms with Crippen molar-refractivity contribution in [1.82, 2.24) is 0 Å². The zero-order valence-corrected chi connectivity index (χ0v) is 17.6. The monoisotopic (exact) mass is 442 g/mol. The Bertz CT molecular complexity index is 703. The maximum atomic E-state index is 12.6. The Kier molecular flexibility index (Phi) is 8.15. The van der Waals surface area contributed by atoms with Gasteiger partial charge in [-0.2, -0.15) is 21.6 Å². The first-order valence-electron chi connectivity index (χ1n) is 10.1. The number of esters is 1. The molecule has 0 N–H and O–H groups in total. The fraction of sp³-hybridized carbons (Fsp3) is 0.842. The van der Waals surface area contributed by atoms with E-state index in [9.17, 15) is 26.4 Å². The molecule has 2 rings (SSSR count). The quantitative estimate of drug-likeness (QED) is 0.171. The van der Waals surface area contributed by atoms with Gasteiger partial charge in [0.1, 0.15) is 0 Å². The van der Waals surface area contributed by atoms with Gasteiger partial charge < -0.3 is 9.47 Å². The highest BCUT2D eigenvalue weighted by Crippen LogP contribution is 2.49. The van der Waals surface area contributed by atoms with Crippen LogP contribution in [0.5, 0.6) is 0 Å². The van der Waals surface area contributed by atoms with Crippen molar-refractivity contribution in [3.63, 3.8) is 0 Å². The van der Waals surface area contributed by atoms with Crippen molar-refractivity contribution in [3.8, 4) is 0 Å². The molecule has 0 aromatic carbocycles. The lowest BCUT2D eigenvalue weighted by atomic mass is 9.70. The van der Waals surface area contributed by atoms with Crippen LogP contribution in [0, 0.1) is 5.41 Å². The van der Waals surface area contributed by atoms with E-state index in [1.54, 1.807) is 0 Å². The van der Waals surface area contributed by atoms with E-state index in [2.05, 4.69) is 11.1 Å². The second-order valence-corrected chi connectivity index (χ2v) is 9.27. The first-order chi connectivity index (χ1) is 13.5. The molecular weight excluding hydrogens is 413 g/mol. The second kappa shape index (κ2) is 9.78. The van der Waals surface area contributed by atoms with Crippen LogP contribution >= 0.6 is 0 Å². The van der Waals surface area contributed by atoms with Gasteiger partial charge in [0.15, 0.2) is 0 Å². The highest BCUT2D eigenvalue weighted by atomic mass is 32.2. The summed E-state index contributed by atoms with van der Waals surface area (Å²) >= 11 is 0. The van der Waals surface area contributed by atoms with E-state index in [0.717, 1.165) is 25.7 Å². The lowest BCUT2D eigenvalue weighted by Gasteiger charge is -2.51. The summed E-state index contributed by atoms with van der Waals surface area (Å²) in [4.78, 5) is 12.5. The number of rotatable bonds is 9. The van der Waals surface area contributed by atoms with Gasteiger partial charge in [0.25, 0.3) is 0 Å². The van der Waals surface area contributed by atoms with Crippen molar-refractivity contribution in [1.29, 1.82) is 0 Å². The van der Waals surface area contributed by atoms with Crippen LogP contribution in [0.4, 0.5) is 13.2 Å². The molecule has 3 unspecified atom stereocenters. The SMILES string of the molecule is CCCCCC=C(CC)C(=O)OC1OCC12CCCC(OS(=O)(=O)C(F)(F)F)C2. The Morgan fingerprint density at radius 2 is 2.00 bits per heavy atom. The Morgan fingerprint density at radius 1 is 1.28 bits per heavy atom. The number of hydrogen-bond acceptors (Lipinski definition) is 6. The lowest BCUT2D eigenvalue weighted by molar-refractivity contribution is -0.308. The summed E-state index contributed by atoms with van der Waals surface area (Å²) in [5.74, 6) is -0.501. The molecule has 0 aromatic rings. The van der Waals surface area contributed by atoms with Gasteiger partial charge in [-0.1, -0.05) is 32.8 Å². The van der Waals surface area contributed by atoms with Crippen LogP contribution in [0.25, 0.3) is 0 Å². The molecule has 0 aromatic heterocycles. The maximum absolute atomic E-state index is 12.6. The van der Waals surface area contributed by atoms with E-state index < -0.39 is 39.4 Å². The van der Waals surface area contributed by atoms with E-state index in [0.29, 0.717) is 24.8 Å². The van der Waals surface area contributed by atoms with Gasteiger partial charge in [-0.3, -0.25) is 4.18 Å². The minimum Gasteiger partial charge on any atom is -0.432 e. The topological polar surface area (TPSA) is 78.9 Å². The number of carbonyl (C=O) groups excluding carboxylic acids is 1. The van der Waals surface area contributed by atoms with Crippen molar-refractivity contribution in [2.75, 3.05) is 6.61 Å². The van der Waals surface area contributed by atoms with Crippen LogP contribution in [-0.4, -0.2) is 38.9 Å². The van der Waals surface area contributed by atoms with Crippen molar-refractivity contribution in [2.24, 2.45) is 5.41 Å². The number of hydrogen-bond donors (Lipinski definition) is 0. The first kappa shape index (κ1) is 24.1. The second-order valence-electron chi connectivity index (χ2n) is 7.70. The highest BCUT2D eigenvalue weighted by molar-refractivity contribution is 7.87. The van der Waals surface area contributed by atoms with Gasteiger partial charge in [-0.25, -0.2) is 4.79 Å². The summed E-state index contributed by atoms with van der Waals surface area (Å²) in [7, 11) is -5.66. The van der Waals surface area contributed by atoms with Gasteiger partial charge in [-0.05, 0) is 44.9 Å². The molecule has 0 radical (unpaired) electrons. The number of halogens is 3. The third-order valence-corrected chi connectivity index (χ3v) is 6.55. The molecule has 29 heavy (non-hydrogen) atoms. The molecular formula is C19H29F3O6S. The fourth-order valence-electron chi connectivity index (χ4n) is 3.76. The van der Waals surface area contributed by atoms with Crippen LogP contribution < -0.4 is 0 Å². The number of carbonyl (C=O) groups is 1. The average molecular weight is 442 g/mol. The van der Waals surface area contributed by atoms with Crippen LogP contribution in [0.2, 0.25) is 0 Å². The summed E-state index contributed by atoms with van der Waals surface area (Å²) in [6, 6.07) is 0. The van der Waals surface area contributed by atoms with E-state index in [4.69, 9.17) is 9.47 Å². The highest BCUT2D eigenvalue weighted by Gasteiger charge is 2.56. The molecule has 1 heterocycles. The third kappa shape index (κ3) is 5.95. The van der Waals surface area contributed by atoms with Crippen molar-refractivity contribution in [3.05, 3.63) is 11.6 Å². The third-order valence-electron chi connectivity index (χ3n) is 5.46. The van der Waals surface area contributed by atoms with E-state index in [1.165, 1.54) is 0 Å². The zero-order chi connectivity index (χ0) is 21.7. The number of allylic oxidation sites excluding steroid dienone is 1. The van der Waals surface area contributed by atoms with Crippen molar-refractivity contribution >= 4 is 16.1 Å².